The molecule has 3 aromatic heterocycles. The topological polar surface area (TPSA) is 121 Å². The number of aryl methyl sites for hydroxylation is 1. The number of carbonyl (C=O) groups excluding carboxylic acids is 2. The Bertz CT molecular complexity index is 1460. The average molecular weight is 439 g/mol. The van der Waals surface area contributed by atoms with Crippen LogP contribution in [0.5, 0.6) is 0 Å². The Morgan fingerprint density at radius 1 is 1.27 bits per heavy atom. The molecule has 1 saturated heterocycles. The van der Waals surface area contributed by atoms with E-state index >= 15 is 0 Å². The highest BCUT2D eigenvalue weighted by Gasteiger charge is 2.22. The third-order valence-electron chi connectivity index (χ3n) is 5.95. The number of benzene rings is 1. The van der Waals surface area contributed by atoms with Crippen molar-refractivity contribution in [1.29, 1.82) is 5.26 Å². The largest absolute Gasteiger partial charge is 0.338 e. The number of aromatic nitrogens is 5. The normalized spacial score (nSPS) is 13.6. The van der Waals surface area contributed by atoms with Crippen molar-refractivity contribution in [1.82, 2.24) is 29.6 Å². The number of pyridine rings is 1. The molecular formula is C24H21N7O2. The van der Waals surface area contributed by atoms with Gasteiger partial charge in [-0.3, -0.25) is 19.3 Å². The van der Waals surface area contributed by atoms with E-state index in [0.717, 1.165) is 29.6 Å². The van der Waals surface area contributed by atoms with Crippen LogP contribution in [-0.4, -0.2) is 47.9 Å². The predicted molar refractivity (Wildman–Crippen MR) is 121 cm³/mol. The van der Waals surface area contributed by atoms with Gasteiger partial charge in [0.05, 0.1) is 22.3 Å². The van der Waals surface area contributed by atoms with E-state index in [9.17, 15) is 14.9 Å². The fraction of sp³-hybridized carbons (Fsp3) is 0.250. The number of rotatable bonds is 5. The number of nitrogens with one attached hydrogen (secondary N) is 1. The summed E-state index contributed by atoms with van der Waals surface area (Å²) >= 11 is 0. The van der Waals surface area contributed by atoms with Crippen LogP contribution in [0.25, 0.3) is 28.1 Å². The Hall–Kier alpha value is -4.32. The lowest BCUT2D eigenvalue weighted by Gasteiger charge is -2.15. The van der Waals surface area contributed by atoms with Crippen molar-refractivity contribution in [2.24, 2.45) is 0 Å². The van der Waals surface area contributed by atoms with E-state index in [1.54, 1.807) is 25.4 Å². The van der Waals surface area contributed by atoms with Crippen LogP contribution in [0.1, 0.15) is 47.1 Å². The second kappa shape index (κ2) is 7.98. The summed E-state index contributed by atoms with van der Waals surface area (Å²) in [5.41, 5.74) is 4.83. The molecule has 9 nitrogen and oxygen atoms in total. The number of nitriles is 1. The molecule has 0 bridgehead atoms. The molecule has 0 radical (unpaired) electrons. The number of likely N-dealkylation sites (tertiary alicyclic amines) is 1. The highest BCUT2D eigenvalue weighted by Crippen LogP contribution is 2.29. The van der Waals surface area contributed by atoms with E-state index < -0.39 is 0 Å². The zero-order valence-corrected chi connectivity index (χ0v) is 18.3. The number of ketones is 1. The van der Waals surface area contributed by atoms with Crippen molar-refractivity contribution in [2.45, 2.75) is 33.2 Å². The molecule has 0 atom stereocenters. The Kier molecular flexibility index (Phi) is 4.98. The first kappa shape index (κ1) is 20.6. The minimum atomic E-state index is -0.151. The van der Waals surface area contributed by atoms with Crippen LogP contribution in [0.3, 0.4) is 0 Å². The summed E-state index contributed by atoms with van der Waals surface area (Å²) in [5, 5.41) is 16.3. The van der Waals surface area contributed by atoms with E-state index in [4.69, 9.17) is 4.98 Å². The molecule has 1 aliphatic rings. The molecule has 4 aromatic rings. The molecule has 33 heavy (non-hydrogen) atoms. The molecule has 0 saturated carbocycles. The summed E-state index contributed by atoms with van der Waals surface area (Å²) in [6.07, 6.45) is 3.18. The van der Waals surface area contributed by atoms with Gasteiger partial charge in [0.2, 0.25) is 5.91 Å². The number of aromatic amines is 1. The number of H-pyrrole nitrogens is 1. The van der Waals surface area contributed by atoms with Crippen LogP contribution < -0.4 is 0 Å². The zero-order chi connectivity index (χ0) is 23.1. The molecule has 0 unspecified atom stereocenters. The molecule has 1 aliphatic heterocycles. The summed E-state index contributed by atoms with van der Waals surface area (Å²) in [4.78, 5) is 35.5. The first-order chi connectivity index (χ1) is 16.0. The summed E-state index contributed by atoms with van der Waals surface area (Å²) in [5.74, 6) is 0.594. The van der Waals surface area contributed by atoms with Gasteiger partial charge in [0.15, 0.2) is 11.5 Å². The van der Waals surface area contributed by atoms with E-state index in [2.05, 4.69) is 21.3 Å². The van der Waals surface area contributed by atoms with Crippen molar-refractivity contribution < 1.29 is 9.59 Å². The SMILES string of the molecule is CC(=O)c1ccc(-n2cnc3ccc(CN4CCCC4=O)cc32)nc1-c1c(C#N)n[nH]c1C. The van der Waals surface area contributed by atoms with Gasteiger partial charge in [-0.2, -0.15) is 10.4 Å². The van der Waals surface area contributed by atoms with E-state index in [-0.39, 0.29) is 17.4 Å². The number of nitrogens with zero attached hydrogens (tertiary/aromatic N) is 6. The number of Topliss-reactive ketones (excluding diaryl/α,β-unsaturated/α-hetero) is 1. The fourth-order valence-electron chi connectivity index (χ4n) is 4.28. The summed E-state index contributed by atoms with van der Waals surface area (Å²) < 4.78 is 1.85. The second-order valence-electron chi connectivity index (χ2n) is 8.16. The van der Waals surface area contributed by atoms with Crippen LogP contribution in [0.15, 0.2) is 36.7 Å². The summed E-state index contributed by atoms with van der Waals surface area (Å²) in [6, 6.07) is 11.5. The molecule has 1 fully saturated rings. The quantitative estimate of drug-likeness (QED) is 0.476. The van der Waals surface area contributed by atoms with Gasteiger partial charge in [-0.25, -0.2) is 9.97 Å². The van der Waals surface area contributed by atoms with Crippen LogP contribution in [0, 0.1) is 18.3 Å². The molecule has 1 amide bonds. The van der Waals surface area contributed by atoms with E-state index in [0.29, 0.717) is 41.3 Å². The lowest BCUT2D eigenvalue weighted by atomic mass is 10.0. The van der Waals surface area contributed by atoms with Crippen molar-refractivity contribution >= 4 is 22.7 Å². The van der Waals surface area contributed by atoms with Gasteiger partial charge in [-0.1, -0.05) is 6.07 Å². The molecular weight excluding hydrogens is 418 g/mol. The summed E-state index contributed by atoms with van der Waals surface area (Å²) in [6.45, 7) is 4.60. The van der Waals surface area contributed by atoms with Gasteiger partial charge in [0.1, 0.15) is 18.2 Å². The number of hydrogen-bond acceptors (Lipinski definition) is 6. The number of amides is 1. The van der Waals surface area contributed by atoms with Crippen molar-refractivity contribution in [2.75, 3.05) is 6.54 Å². The predicted octanol–water partition coefficient (Wildman–Crippen LogP) is 3.32. The van der Waals surface area contributed by atoms with Crippen LogP contribution in [0.4, 0.5) is 0 Å². The van der Waals surface area contributed by atoms with Crippen molar-refractivity contribution in [3.63, 3.8) is 0 Å². The zero-order valence-electron chi connectivity index (χ0n) is 18.3. The van der Waals surface area contributed by atoms with Gasteiger partial charge >= 0.3 is 0 Å². The Balaban J connectivity index is 1.62. The Morgan fingerprint density at radius 2 is 2.12 bits per heavy atom. The highest BCUT2D eigenvalue weighted by molar-refractivity contribution is 6.00. The molecule has 1 N–H and O–H groups in total. The minimum Gasteiger partial charge on any atom is -0.338 e. The first-order valence-corrected chi connectivity index (χ1v) is 10.7. The van der Waals surface area contributed by atoms with Crippen LogP contribution in [0.2, 0.25) is 0 Å². The average Bonchev–Trinajstić information content (AvgIpc) is 3.51. The van der Waals surface area contributed by atoms with Crippen LogP contribution in [-0.2, 0) is 11.3 Å². The molecule has 5 rings (SSSR count). The smallest absolute Gasteiger partial charge is 0.222 e. The maximum absolute atomic E-state index is 12.3. The standard InChI is InChI=1S/C24H21N7O2/c1-14-23(19(11-25)29-28-14)24-17(15(2)32)6-8-21(27-24)31-13-26-18-7-5-16(10-20(18)31)12-30-9-3-4-22(30)33/h5-8,10,13H,3-4,9,12H2,1-2H3,(H,28,29). The molecule has 1 aromatic carbocycles. The van der Waals surface area contributed by atoms with Gasteiger partial charge < -0.3 is 4.90 Å². The molecule has 164 valence electrons. The molecule has 4 heterocycles. The second-order valence-corrected chi connectivity index (χ2v) is 8.16. The van der Waals surface area contributed by atoms with E-state index in [1.807, 2.05) is 27.7 Å². The third-order valence-corrected chi connectivity index (χ3v) is 5.95. The molecule has 0 aliphatic carbocycles. The minimum absolute atomic E-state index is 0.151. The van der Waals surface area contributed by atoms with Gasteiger partial charge in [-0.15, -0.1) is 0 Å². The number of fused-ring (bicyclic) bond motifs is 1. The summed E-state index contributed by atoms with van der Waals surface area (Å²) in [7, 11) is 0. The lowest BCUT2D eigenvalue weighted by molar-refractivity contribution is -0.128. The lowest BCUT2D eigenvalue weighted by Crippen LogP contribution is -2.23. The van der Waals surface area contributed by atoms with Crippen molar-refractivity contribution in [3.05, 3.63) is 59.2 Å². The Labute approximate surface area is 189 Å². The van der Waals surface area contributed by atoms with Gasteiger partial charge in [-0.05, 0) is 50.1 Å². The van der Waals surface area contributed by atoms with E-state index in [1.165, 1.54) is 6.92 Å². The van der Waals surface area contributed by atoms with Crippen LogP contribution >= 0.6 is 0 Å². The number of hydrogen-bond donors (Lipinski definition) is 1. The molecule has 0 spiro atoms. The highest BCUT2D eigenvalue weighted by atomic mass is 16.2. The monoisotopic (exact) mass is 439 g/mol. The van der Waals surface area contributed by atoms with Crippen molar-refractivity contribution in [3.8, 4) is 23.1 Å². The number of imidazole rings is 1. The maximum atomic E-state index is 12.3. The Morgan fingerprint density at radius 3 is 2.85 bits per heavy atom. The number of carbonyl (C=O) groups is 2. The van der Waals surface area contributed by atoms with Gasteiger partial charge in [0.25, 0.3) is 0 Å². The first-order valence-electron chi connectivity index (χ1n) is 10.7. The molecule has 9 heteroatoms. The third kappa shape index (κ3) is 3.55. The van der Waals surface area contributed by atoms with Gasteiger partial charge in [0, 0.05) is 30.8 Å². The fourth-order valence-corrected chi connectivity index (χ4v) is 4.28. The maximum Gasteiger partial charge on any atom is 0.222 e.